The van der Waals surface area contributed by atoms with Crippen molar-refractivity contribution < 1.29 is 4.74 Å². The second kappa shape index (κ2) is 6.31. The van der Waals surface area contributed by atoms with Crippen LogP contribution in [-0.4, -0.2) is 11.1 Å². The van der Waals surface area contributed by atoms with E-state index >= 15 is 0 Å². The molecular weight excluding hydrogens is 254 g/mol. The molecule has 0 aliphatic heterocycles. The quantitative estimate of drug-likeness (QED) is 0.824. The van der Waals surface area contributed by atoms with Gasteiger partial charge in [0.15, 0.2) is 0 Å². The van der Waals surface area contributed by atoms with Gasteiger partial charge < -0.3 is 4.74 Å². The number of thiazole rings is 1. The number of hydrogen-bond donors (Lipinski definition) is 0. The zero-order valence-corrected chi connectivity index (χ0v) is 11.8. The SMILES string of the molecule is c1ccc(COC2CCC(c3cscn3)CC2)cc1. The first kappa shape index (κ1) is 12.8. The fourth-order valence-corrected chi connectivity index (χ4v) is 3.37. The Kier molecular flexibility index (Phi) is 4.26. The van der Waals surface area contributed by atoms with Crippen molar-refractivity contribution in [3.05, 3.63) is 52.5 Å². The molecule has 0 bridgehead atoms. The zero-order valence-electron chi connectivity index (χ0n) is 11.0. The van der Waals surface area contributed by atoms with Gasteiger partial charge in [-0.2, -0.15) is 0 Å². The first-order valence-corrected chi connectivity index (χ1v) is 7.89. The minimum Gasteiger partial charge on any atom is -0.374 e. The van der Waals surface area contributed by atoms with Gasteiger partial charge in [-0.05, 0) is 31.2 Å². The summed E-state index contributed by atoms with van der Waals surface area (Å²) in [4.78, 5) is 4.44. The van der Waals surface area contributed by atoms with Crippen LogP contribution in [0.15, 0.2) is 41.2 Å². The molecule has 0 atom stereocenters. The summed E-state index contributed by atoms with van der Waals surface area (Å²) in [6.07, 6.45) is 5.17. The average molecular weight is 273 g/mol. The number of ether oxygens (including phenoxy) is 1. The van der Waals surface area contributed by atoms with Gasteiger partial charge in [0.25, 0.3) is 0 Å². The molecule has 0 radical (unpaired) electrons. The topological polar surface area (TPSA) is 22.1 Å². The Morgan fingerprint density at radius 1 is 1.11 bits per heavy atom. The lowest BCUT2D eigenvalue weighted by Crippen LogP contribution is -2.20. The molecule has 100 valence electrons. The molecule has 1 aromatic carbocycles. The van der Waals surface area contributed by atoms with E-state index in [2.05, 4.69) is 34.6 Å². The summed E-state index contributed by atoms with van der Waals surface area (Å²) < 4.78 is 6.02. The van der Waals surface area contributed by atoms with E-state index in [4.69, 9.17) is 4.74 Å². The molecule has 1 saturated carbocycles. The van der Waals surface area contributed by atoms with Crippen molar-refractivity contribution in [2.24, 2.45) is 0 Å². The summed E-state index contributed by atoms with van der Waals surface area (Å²) >= 11 is 1.70. The zero-order chi connectivity index (χ0) is 12.9. The molecule has 1 heterocycles. The lowest BCUT2D eigenvalue weighted by atomic mass is 9.86. The Hall–Kier alpha value is -1.19. The van der Waals surface area contributed by atoms with Crippen LogP contribution in [0.3, 0.4) is 0 Å². The molecule has 2 nitrogen and oxygen atoms in total. The number of nitrogens with zero attached hydrogens (tertiary/aromatic N) is 1. The second-order valence-corrected chi connectivity index (χ2v) is 5.90. The third kappa shape index (κ3) is 3.43. The maximum Gasteiger partial charge on any atom is 0.0794 e. The summed E-state index contributed by atoms with van der Waals surface area (Å²) in [5, 5.41) is 2.19. The molecule has 0 saturated heterocycles. The highest BCUT2D eigenvalue weighted by Gasteiger charge is 2.23. The van der Waals surface area contributed by atoms with Crippen LogP contribution in [0.2, 0.25) is 0 Å². The minimum absolute atomic E-state index is 0.426. The fourth-order valence-electron chi connectivity index (χ4n) is 2.74. The summed E-state index contributed by atoms with van der Waals surface area (Å²) in [6.45, 7) is 0.743. The van der Waals surface area contributed by atoms with Crippen LogP contribution in [0.25, 0.3) is 0 Å². The van der Waals surface area contributed by atoms with Crippen LogP contribution in [0.1, 0.15) is 42.9 Å². The summed E-state index contributed by atoms with van der Waals surface area (Å²) in [6, 6.07) is 10.4. The van der Waals surface area contributed by atoms with Crippen LogP contribution in [-0.2, 0) is 11.3 Å². The molecule has 0 N–H and O–H groups in total. The number of aromatic nitrogens is 1. The molecular formula is C16H19NOS. The molecule has 1 aliphatic carbocycles. The Morgan fingerprint density at radius 3 is 2.58 bits per heavy atom. The Bertz CT molecular complexity index is 475. The van der Waals surface area contributed by atoms with Crippen molar-refractivity contribution in [1.82, 2.24) is 4.98 Å². The van der Waals surface area contributed by atoms with Crippen molar-refractivity contribution >= 4 is 11.3 Å². The van der Waals surface area contributed by atoms with Crippen molar-refractivity contribution in [2.75, 3.05) is 0 Å². The van der Waals surface area contributed by atoms with Crippen LogP contribution in [0.5, 0.6) is 0 Å². The van der Waals surface area contributed by atoms with Gasteiger partial charge in [0, 0.05) is 11.3 Å². The monoisotopic (exact) mass is 273 g/mol. The summed E-state index contributed by atoms with van der Waals surface area (Å²) in [5.41, 5.74) is 4.49. The first-order valence-electron chi connectivity index (χ1n) is 6.95. The largest absolute Gasteiger partial charge is 0.374 e. The molecule has 1 fully saturated rings. The highest BCUT2D eigenvalue weighted by molar-refractivity contribution is 7.07. The highest BCUT2D eigenvalue weighted by atomic mass is 32.1. The van der Waals surface area contributed by atoms with E-state index in [-0.39, 0.29) is 0 Å². The lowest BCUT2D eigenvalue weighted by Gasteiger charge is -2.27. The molecule has 1 aromatic heterocycles. The van der Waals surface area contributed by atoms with Crippen molar-refractivity contribution in [3.8, 4) is 0 Å². The summed E-state index contributed by atoms with van der Waals surface area (Å²) in [7, 11) is 0. The van der Waals surface area contributed by atoms with Gasteiger partial charge >= 0.3 is 0 Å². The molecule has 3 heteroatoms. The van der Waals surface area contributed by atoms with Crippen LogP contribution >= 0.6 is 11.3 Å². The lowest BCUT2D eigenvalue weighted by molar-refractivity contribution is 0.0131. The van der Waals surface area contributed by atoms with Gasteiger partial charge in [0.1, 0.15) is 0 Å². The van der Waals surface area contributed by atoms with Gasteiger partial charge in [-0.25, -0.2) is 4.98 Å². The normalized spacial score (nSPS) is 23.4. The van der Waals surface area contributed by atoms with Gasteiger partial charge in [0.05, 0.1) is 23.9 Å². The standard InChI is InChI=1S/C16H19NOS/c1-2-4-13(5-3-1)10-18-15-8-6-14(7-9-15)16-11-19-12-17-16/h1-5,11-12,14-15H,6-10H2. The Morgan fingerprint density at radius 2 is 1.89 bits per heavy atom. The van der Waals surface area contributed by atoms with Crippen molar-refractivity contribution in [1.29, 1.82) is 0 Å². The van der Waals surface area contributed by atoms with E-state index in [0.29, 0.717) is 12.0 Å². The van der Waals surface area contributed by atoms with E-state index in [1.807, 2.05) is 11.6 Å². The highest BCUT2D eigenvalue weighted by Crippen LogP contribution is 2.33. The second-order valence-electron chi connectivity index (χ2n) is 5.18. The van der Waals surface area contributed by atoms with Gasteiger partial charge in [-0.3, -0.25) is 0 Å². The summed E-state index contributed by atoms with van der Waals surface area (Å²) in [5.74, 6) is 0.655. The molecule has 0 spiro atoms. The molecule has 0 unspecified atom stereocenters. The first-order chi connectivity index (χ1) is 9.42. The Balaban J connectivity index is 1.46. The van der Waals surface area contributed by atoms with E-state index in [1.54, 1.807) is 11.3 Å². The third-order valence-electron chi connectivity index (χ3n) is 3.87. The van der Waals surface area contributed by atoms with Crippen LogP contribution < -0.4 is 0 Å². The minimum atomic E-state index is 0.426. The number of hydrogen-bond acceptors (Lipinski definition) is 3. The molecule has 19 heavy (non-hydrogen) atoms. The van der Waals surface area contributed by atoms with E-state index in [1.165, 1.54) is 24.1 Å². The maximum absolute atomic E-state index is 6.02. The molecule has 3 rings (SSSR count). The van der Waals surface area contributed by atoms with Crippen molar-refractivity contribution in [2.45, 2.75) is 44.3 Å². The predicted octanol–water partition coefficient (Wildman–Crippen LogP) is 4.39. The number of benzene rings is 1. The molecule has 2 aromatic rings. The van der Waals surface area contributed by atoms with E-state index < -0.39 is 0 Å². The number of rotatable bonds is 4. The van der Waals surface area contributed by atoms with Gasteiger partial charge in [-0.1, -0.05) is 30.3 Å². The van der Waals surface area contributed by atoms with E-state index in [9.17, 15) is 0 Å². The predicted molar refractivity (Wildman–Crippen MR) is 78.3 cm³/mol. The van der Waals surface area contributed by atoms with Crippen molar-refractivity contribution in [3.63, 3.8) is 0 Å². The average Bonchev–Trinajstić information content (AvgIpc) is 3.01. The third-order valence-corrected chi connectivity index (χ3v) is 4.48. The van der Waals surface area contributed by atoms with Crippen LogP contribution in [0.4, 0.5) is 0 Å². The molecule has 0 amide bonds. The maximum atomic E-state index is 6.02. The Labute approximate surface area is 118 Å². The smallest absolute Gasteiger partial charge is 0.0794 e. The van der Waals surface area contributed by atoms with Crippen LogP contribution in [0, 0.1) is 0 Å². The molecule has 1 aliphatic rings. The fraction of sp³-hybridized carbons (Fsp3) is 0.438. The van der Waals surface area contributed by atoms with E-state index in [0.717, 1.165) is 19.4 Å². The van der Waals surface area contributed by atoms with Gasteiger partial charge in [-0.15, -0.1) is 11.3 Å². The van der Waals surface area contributed by atoms with Gasteiger partial charge in [0.2, 0.25) is 0 Å².